The van der Waals surface area contributed by atoms with E-state index in [-0.39, 0.29) is 16.6 Å². The first kappa shape index (κ1) is 19.4. The van der Waals surface area contributed by atoms with Crippen molar-refractivity contribution in [2.24, 2.45) is 0 Å². The van der Waals surface area contributed by atoms with Crippen LogP contribution in [0.5, 0.6) is 5.75 Å². The summed E-state index contributed by atoms with van der Waals surface area (Å²) in [6.07, 6.45) is 2.72. The average Bonchev–Trinajstić information content (AvgIpc) is 2.73. The van der Waals surface area contributed by atoms with Crippen molar-refractivity contribution in [2.75, 3.05) is 32.1 Å². The average molecular weight is 388 g/mol. The number of carbonyl (C=O) groups excluding carboxylic acids is 1. The number of ether oxygens (including phenoxy) is 1. The lowest BCUT2D eigenvalue weighted by Crippen LogP contribution is -2.36. The molecule has 1 fully saturated rings. The highest BCUT2D eigenvalue weighted by atomic mass is 32.2. The van der Waals surface area contributed by atoms with Crippen LogP contribution in [0.3, 0.4) is 0 Å². The number of hydrogen-bond acceptors (Lipinski definition) is 4. The Morgan fingerprint density at radius 2 is 1.70 bits per heavy atom. The summed E-state index contributed by atoms with van der Waals surface area (Å²) in [4.78, 5) is 14.4. The summed E-state index contributed by atoms with van der Waals surface area (Å²) in [6.45, 7) is 0.987. The Labute approximate surface area is 160 Å². The van der Waals surface area contributed by atoms with Crippen molar-refractivity contribution in [3.63, 3.8) is 0 Å². The molecule has 2 aromatic rings. The van der Waals surface area contributed by atoms with E-state index in [1.807, 2.05) is 30.3 Å². The Bertz CT molecular complexity index is 907. The highest BCUT2D eigenvalue weighted by molar-refractivity contribution is 7.89. The zero-order valence-corrected chi connectivity index (χ0v) is 16.4. The molecule has 0 radical (unpaired) electrons. The number of piperidine rings is 1. The Morgan fingerprint density at radius 3 is 2.33 bits per heavy atom. The Kier molecular flexibility index (Phi) is 5.82. The van der Waals surface area contributed by atoms with E-state index in [4.69, 9.17) is 4.74 Å². The standard InChI is InChI=1S/C20H24N2O4S/c1-21(17-9-5-3-6-10-17)20(23)16-11-12-18(26-2)19(15-16)27(24,25)22-13-7-4-8-14-22/h3,5-6,9-12,15H,4,7-8,13-14H2,1-2H3. The van der Waals surface area contributed by atoms with Crippen LogP contribution in [0.4, 0.5) is 5.69 Å². The number of amides is 1. The molecule has 0 aromatic heterocycles. The second-order valence-electron chi connectivity index (χ2n) is 6.53. The SMILES string of the molecule is COc1ccc(C(=O)N(C)c2ccccc2)cc1S(=O)(=O)N1CCCCC1. The number of para-hydroxylation sites is 1. The third-order valence-corrected chi connectivity index (χ3v) is 6.71. The van der Waals surface area contributed by atoms with Crippen LogP contribution in [0.1, 0.15) is 29.6 Å². The van der Waals surface area contributed by atoms with Crippen LogP contribution in [-0.4, -0.2) is 45.9 Å². The van der Waals surface area contributed by atoms with Crippen molar-refractivity contribution in [2.45, 2.75) is 24.2 Å². The van der Waals surface area contributed by atoms with Crippen LogP contribution < -0.4 is 9.64 Å². The first-order valence-corrected chi connectivity index (χ1v) is 10.4. The van der Waals surface area contributed by atoms with Gasteiger partial charge in [-0.05, 0) is 43.2 Å². The maximum atomic E-state index is 13.1. The van der Waals surface area contributed by atoms with E-state index in [0.717, 1.165) is 24.9 Å². The van der Waals surface area contributed by atoms with Gasteiger partial charge in [-0.3, -0.25) is 4.79 Å². The molecule has 1 saturated heterocycles. The molecule has 6 nitrogen and oxygen atoms in total. The summed E-state index contributed by atoms with van der Waals surface area (Å²) in [5, 5.41) is 0. The molecule has 1 aliphatic rings. The molecule has 0 spiro atoms. The molecule has 0 unspecified atom stereocenters. The van der Waals surface area contributed by atoms with Gasteiger partial charge >= 0.3 is 0 Å². The largest absolute Gasteiger partial charge is 0.495 e. The molecule has 7 heteroatoms. The lowest BCUT2D eigenvalue weighted by molar-refractivity contribution is 0.0992. The summed E-state index contributed by atoms with van der Waals surface area (Å²) in [5.41, 5.74) is 1.04. The minimum atomic E-state index is -3.71. The van der Waals surface area contributed by atoms with E-state index < -0.39 is 10.0 Å². The van der Waals surface area contributed by atoms with Crippen LogP contribution in [0.2, 0.25) is 0 Å². The first-order chi connectivity index (χ1) is 12.9. The van der Waals surface area contributed by atoms with E-state index in [1.54, 1.807) is 19.2 Å². The molecule has 144 valence electrons. The van der Waals surface area contributed by atoms with Gasteiger partial charge in [-0.25, -0.2) is 8.42 Å². The van der Waals surface area contributed by atoms with Gasteiger partial charge in [-0.15, -0.1) is 0 Å². The number of methoxy groups -OCH3 is 1. The number of anilines is 1. The van der Waals surface area contributed by atoms with Crippen LogP contribution >= 0.6 is 0 Å². The van der Waals surface area contributed by atoms with E-state index in [1.165, 1.54) is 22.4 Å². The maximum absolute atomic E-state index is 13.1. The summed E-state index contributed by atoms with van der Waals surface area (Å²) in [6, 6.07) is 13.8. The van der Waals surface area contributed by atoms with Gasteiger partial charge in [-0.2, -0.15) is 4.31 Å². The lowest BCUT2D eigenvalue weighted by Gasteiger charge is -2.27. The minimum Gasteiger partial charge on any atom is -0.495 e. The molecule has 0 N–H and O–H groups in total. The predicted octanol–water partition coefficient (Wildman–Crippen LogP) is 3.15. The van der Waals surface area contributed by atoms with Gasteiger partial charge < -0.3 is 9.64 Å². The molecule has 1 heterocycles. The number of carbonyl (C=O) groups is 1. The van der Waals surface area contributed by atoms with Gasteiger partial charge in [0.25, 0.3) is 5.91 Å². The number of sulfonamides is 1. The third-order valence-electron chi connectivity index (χ3n) is 4.79. The number of benzene rings is 2. The second kappa shape index (κ2) is 8.10. The Morgan fingerprint density at radius 1 is 1.04 bits per heavy atom. The molecule has 27 heavy (non-hydrogen) atoms. The van der Waals surface area contributed by atoms with Crippen molar-refractivity contribution in [3.05, 3.63) is 54.1 Å². The van der Waals surface area contributed by atoms with Crippen LogP contribution in [-0.2, 0) is 10.0 Å². The predicted molar refractivity (Wildman–Crippen MR) is 105 cm³/mol. The first-order valence-electron chi connectivity index (χ1n) is 8.96. The summed E-state index contributed by atoms with van der Waals surface area (Å²) >= 11 is 0. The topological polar surface area (TPSA) is 66.9 Å². The van der Waals surface area contributed by atoms with E-state index in [0.29, 0.717) is 18.7 Å². The summed E-state index contributed by atoms with van der Waals surface area (Å²) in [5.74, 6) is -0.0292. The van der Waals surface area contributed by atoms with Crippen molar-refractivity contribution < 1.29 is 17.9 Å². The normalized spacial score (nSPS) is 15.3. The molecule has 0 atom stereocenters. The smallest absolute Gasteiger partial charge is 0.258 e. The highest BCUT2D eigenvalue weighted by Crippen LogP contribution is 2.30. The Balaban J connectivity index is 1.97. The van der Waals surface area contributed by atoms with Crippen LogP contribution in [0.25, 0.3) is 0 Å². The minimum absolute atomic E-state index is 0.0409. The molecule has 0 saturated carbocycles. The zero-order chi connectivity index (χ0) is 19.4. The molecular weight excluding hydrogens is 364 g/mol. The van der Waals surface area contributed by atoms with Crippen molar-refractivity contribution in [1.82, 2.24) is 4.31 Å². The second-order valence-corrected chi connectivity index (χ2v) is 8.44. The molecule has 1 aliphatic heterocycles. The van der Waals surface area contributed by atoms with Crippen molar-refractivity contribution in [1.29, 1.82) is 0 Å². The maximum Gasteiger partial charge on any atom is 0.258 e. The fourth-order valence-corrected chi connectivity index (χ4v) is 4.92. The Hall–Kier alpha value is -2.38. The molecule has 1 amide bonds. The molecule has 0 bridgehead atoms. The van der Waals surface area contributed by atoms with E-state index in [9.17, 15) is 13.2 Å². The van der Waals surface area contributed by atoms with Gasteiger partial charge in [-0.1, -0.05) is 24.6 Å². The molecule has 0 aliphatic carbocycles. The zero-order valence-electron chi connectivity index (χ0n) is 15.6. The van der Waals surface area contributed by atoms with E-state index in [2.05, 4.69) is 0 Å². The summed E-state index contributed by atoms with van der Waals surface area (Å²) in [7, 11) is -0.613. The third kappa shape index (κ3) is 3.99. The molecule has 2 aromatic carbocycles. The number of rotatable bonds is 5. The van der Waals surface area contributed by atoms with Crippen LogP contribution in [0.15, 0.2) is 53.4 Å². The van der Waals surface area contributed by atoms with Gasteiger partial charge in [0.2, 0.25) is 10.0 Å². The number of hydrogen-bond donors (Lipinski definition) is 0. The van der Waals surface area contributed by atoms with Gasteiger partial charge in [0, 0.05) is 31.4 Å². The van der Waals surface area contributed by atoms with Gasteiger partial charge in [0.1, 0.15) is 10.6 Å². The van der Waals surface area contributed by atoms with E-state index >= 15 is 0 Å². The van der Waals surface area contributed by atoms with Crippen LogP contribution in [0, 0.1) is 0 Å². The fraction of sp³-hybridized carbons (Fsp3) is 0.350. The molecule has 3 rings (SSSR count). The van der Waals surface area contributed by atoms with Crippen molar-refractivity contribution >= 4 is 21.6 Å². The summed E-state index contributed by atoms with van der Waals surface area (Å²) < 4.78 is 33.0. The monoisotopic (exact) mass is 388 g/mol. The lowest BCUT2D eigenvalue weighted by atomic mass is 10.2. The van der Waals surface area contributed by atoms with Crippen molar-refractivity contribution in [3.8, 4) is 5.75 Å². The molecular formula is C20H24N2O4S. The fourth-order valence-electron chi connectivity index (χ4n) is 3.22. The van der Waals surface area contributed by atoms with Gasteiger partial charge in [0.15, 0.2) is 0 Å². The number of nitrogens with zero attached hydrogens (tertiary/aromatic N) is 2. The quantitative estimate of drug-likeness (QED) is 0.789. The highest BCUT2D eigenvalue weighted by Gasteiger charge is 2.30. The van der Waals surface area contributed by atoms with Gasteiger partial charge in [0.05, 0.1) is 7.11 Å².